The van der Waals surface area contributed by atoms with E-state index < -0.39 is 10.0 Å². The number of hydrogen-bond acceptors (Lipinski definition) is 2. The van der Waals surface area contributed by atoms with Gasteiger partial charge >= 0.3 is 0 Å². The molecule has 0 bridgehead atoms. The van der Waals surface area contributed by atoms with Crippen molar-refractivity contribution >= 4 is 54.2 Å². The highest BCUT2D eigenvalue weighted by Crippen LogP contribution is 2.33. The van der Waals surface area contributed by atoms with Crippen molar-refractivity contribution in [3.63, 3.8) is 0 Å². The molecule has 0 unspecified atom stereocenters. The van der Waals surface area contributed by atoms with Gasteiger partial charge in [-0.2, -0.15) is 0 Å². The molecular weight excluding hydrogens is 393 g/mol. The van der Waals surface area contributed by atoms with Gasteiger partial charge in [0, 0.05) is 11.5 Å². The molecule has 1 heterocycles. The second-order valence-corrected chi connectivity index (χ2v) is 5.91. The fraction of sp³-hybridized carbons (Fsp3) is 0.333. The maximum Gasteiger partial charge on any atom is 0.239 e. The van der Waals surface area contributed by atoms with E-state index >= 15 is 0 Å². The van der Waals surface area contributed by atoms with Gasteiger partial charge in [-0.05, 0) is 28.7 Å². The van der Waals surface area contributed by atoms with E-state index in [2.05, 4.69) is 38.5 Å². The minimum absolute atomic E-state index is 0.109. The summed E-state index contributed by atoms with van der Waals surface area (Å²) < 4.78 is 25.1. The fourth-order valence-corrected chi connectivity index (χ4v) is 3.12. The van der Waals surface area contributed by atoms with E-state index in [1.54, 1.807) is 7.05 Å². The SMILES string of the molecule is CI.CN1c2ccc(Br)cc2CS1(=O)=O. The van der Waals surface area contributed by atoms with Crippen molar-refractivity contribution in [3.05, 3.63) is 28.2 Å². The minimum atomic E-state index is -3.09. The van der Waals surface area contributed by atoms with Crippen molar-refractivity contribution in [1.82, 2.24) is 0 Å². The Morgan fingerprint density at radius 1 is 1.40 bits per heavy atom. The molecule has 0 atom stereocenters. The summed E-state index contributed by atoms with van der Waals surface area (Å²) in [6, 6.07) is 5.50. The lowest BCUT2D eigenvalue weighted by atomic mass is 10.2. The average Bonchev–Trinajstić information content (AvgIpc) is 2.40. The molecule has 0 spiro atoms. The number of alkyl halides is 1. The number of hydrogen-bond donors (Lipinski definition) is 0. The van der Waals surface area contributed by atoms with Gasteiger partial charge in [0.1, 0.15) is 0 Å². The maximum atomic E-state index is 11.4. The lowest BCUT2D eigenvalue weighted by Crippen LogP contribution is -2.20. The molecule has 6 heteroatoms. The molecule has 0 aromatic heterocycles. The lowest BCUT2D eigenvalue weighted by Gasteiger charge is -2.10. The van der Waals surface area contributed by atoms with E-state index in [0.29, 0.717) is 0 Å². The maximum absolute atomic E-state index is 11.4. The first-order valence-corrected chi connectivity index (χ1v) is 8.69. The topological polar surface area (TPSA) is 37.4 Å². The van der Waals surface area contributed by atoms with Crippen molar-refractivity contribution in [2.45, 2.75) is 5.75 Å². The zero-order valence-corrected chi connectivity index (χ0v) is 12.9. The molecule has 1 aromatic carbocycles. The molecule has 1 aromatic rings. The number of rotatable bonds is 0. The molecule has 0 fully saturated rings. The average molecular weight is 404 g/mol. The third-order valence-electron chi connectivity index (χ3n) is 2.14. The van der Waals surface area contributed by atoms with Gasteiger partial charge in [-0.25, -0.2) is 8.42 Å². The summed E-state index contributed by atoms with van der Waals surface area (Å²) in [5.74, 6) is 0.109. The summed E-state index contributed by atoms with van der Waals surface area (Å²) in [6.45, 7) is 0. The molecule has 0 N–H and O–H groups in total. The van der Waals surface area contributed by atoms with Crippen LogP contribution >= 0.6 is 38.5 Å². The van der Waals surface area contributed by atoms with Crippen LogP contribution in [0.1, 0.15) is 5.56 Å². The Bertz CT molecular complexity index is 461. The normalized spacial score (nSPS) is 16.7. The van der Waals surface area contributed by atoms with E-state index in [0.717, 1.165) is 15.7 Å². The number of benzene rings is 1. The molecule has 0 saturated heterocycles. The number of sulfonamides is 1. The Morgan fingerprint density at radius 3 is 2.60 bits per heavy atom. The predicted molar refractivity (Wildman–Crippen MR) is 75.1 cm³/mol. The molecule has 2 rings (SSSR count). The molecule has 0 aliphatic carbocycles. The van der Waals surface area contributed by atoms with Gasteiger partial charge < -0.3 is 0 Å². The number of halogens is 2. The Kier molecular flexibility index (Phi) is 4.42. The second kappa shape index (κ2) is 5.01. The van der Waals surface area contributed by atoms with Crippen LogP contribution in [0.2, 0.25) is 0 Å². The minimum Gasteiger partial charge on any atom is -0.273 e. The smallest absolute Gasteiger partial charge is 0.239 e. The molecule has 1 aliphatic rings. The summed E-state index contributed by atoms with van der Waals surface area (Å²) >= 11 is 5.46. The highest BCUT2D eigenvalue weighted by atomic mass is 127. The monoisotopic (exact) mass is 403 g/mol. The molecule has 3 nitrogen and oxygen atoms in total. The zero-order valence-electron chi connectivity index (χ0n) is 8.37. The van der Waals surface area contributed by atoms with Crippen LogP contribution in [0.25, 0.3) is 0 Å². The van der Waals surface area contributed by atoms with Gasteiger partial charge in [0.2, 0.25) is 10.0 Å². The summed E-state index contributed by atoms with van der Waals surface area (Å²) in [5.41, 5.74) is 1.64. The van der Waals surface area contributed by atoms with Crippen molar-refractivity contribution < 1.29 is 8.42 Å². The quantitative estimate of drug-likeness (QED) is 0.493. The second-order valence-electron chi connectivity index (χ2n) is 3.00. The van der Waals surface area contributed by atoms with Crippen LogP contribution in [-0.2, 0) is 15.8 Å². The predicted octanol–water partition coefficient (Wildman–Crippen LogP) is 2.78. The van der Waals surface area contributed by atoms with Crippen LogP contribution < -0.4 is 4.31 Å². The third-order valence-corrected chi connectivity index (χ3v) is 4.34. The van der Waals surface area contributed by atoms with Crippen LogP contribution in [0, 0.1) is 0 Å². The molecular formula is C9H11BrINO2S. The number of fused-ring (bicyclic) bond motifs is 1. The lowest BCUT2D eigenvalue weighted by molar-refractivity contribution is 0.596. The highest BCUT2D eigenvalue weighted by Gasteiger charge is 2.29. The Morgan fingerprint density at radius 2 is 2.00 bits per heavy atom. The van der Waals surface area contributed by atoms with Crippen LogP contribution in [0.15, 0.2) is 22.7 Å². The van der Waals surface area contributed by atoms with Crippen molar-refractivity contribution in [2.75, 3.05) is 16.3 Å². The number of nitrogens with zero attached hydrogens (tertiary/aromatic N) is 1. The van der Waals surface area contributed by atoms with Gasteiger partial charge in [0.05, 0.1) is 11.4 Å². The standard InChI is InChI=1S/C8H8BrNO2S.CH3I/c1-10-8-3-2-7(9)4-6(8)5-13(10,11)12;1-2/h2-4H,5H2,1H3;1H3. The Balaban J connectivity index is 0.000000531. The van der Waals surface area contributed by atoms with Crippen molar-refractivity contribution in [3.8, 4) is 0 Å². The Hall–Kier alpha value is 0.180. The first-order valence-electron chi connectivity index (χ1n) is 4.13. The number of anilines is 1. The van der Waals surface area contributed by atoms with E-state index in [4.69, 9.17) is 0 Å². The van der Waals surface area contributed by atoms with Crippen LogP contribution in [0.4, 0.5) is 5.69 Å². The molecule has 0 radical (unpaired) electrons. The third kappa shape index (κ3) is 2.65. The summed E-state index contributed by atoms with van der Waals surface area (Å²) in [4.78, 5) is 1.97. The zero-order chi connectivity index (χ0) is 11.6. The van der Waals surface area contributed by atoms with E-state index in [-0.39, 0.29) is 5.75 Å². The van der Waals surface area contributed by atoms with Gasteiger partial charge in [0.25, 0.3) is 0 Å². The van der Waals surface area contributed by atoms with E-state index in [9.17, 15) is 8.42 Å². The molecule has 84 valence electrons. The van der Waals surface area contributed by atoms with Crippen LogP contribution in [-0.4, -0.2) is 20.4 Å². The summed E-state index contributed by atoms with van der Waals surface area (Å²) in [7, 11) is -1.51. The van der Waals surface area contributed by atoms with Gasteiger partial charge in [-0.15, -0.1) is 0 Å². The van der Waals surface area contributed by atoms with Crippen molar-refractivity contribution in [1.29, 1.82) is 0 Å². The molecule has 15 heavy (non-hydrogen) atoms. The molecule has 1 aliphatic heterocycles. The van der Waals surface area contributed by atoms with E-state index in [1.807, 2.05) is 23.1 Å². The first kappa shape index (κ1) is 13.2. The van der Waals surface area contributed by atoms with E-state index in [1.165, 1.54) is 4.31 Å². The van der Waals surface area contributed by atoms with Gasteiger partial charge in [-0.1, -0.05) is 38.5 Å². The first-order chi connectivity index (χ1) is 7.00. The highest BCUT2D eigenvalue weighted by molar-refractivity contribution is 14.1. The van der Waals surface area contributed by atoms with Crippen LogP contribution in [0.5, 0.6) is 0 Å². The summed E-state index contributed by atoms with van der Waals surface area (Å²) in [5, 5.41) is 0. The van der Waals surface area contributed by atoms with Gasteiger partial charge in [0.15, 0.2) is 0 Å². The molecule has 0 saturated carbocycles. The Labute approximate surface area is 112 Å². The summed E-state index contributed by atoms with van der Waals surface area (Å²) in [6.07, 6.45) is 0. The fourth-order valence-electron chi connectivity index (χ4n) is 1.42. The van der Waals surface area contributed by atoms with Crippen molar-refractivity contribution in [2.24, 2.45) is 0 Å². The molecule has 0 amide bonds. The largest absolute Gasteiger partial charge is 0.273 e. The van der Waals surface area contributed by atoms with Crippen LogP contribution in [0.3, 0.4) is 0 Å². The van der Waals surface area contributed by atoms with Gasteiger partial charge in [-0.3, -0.25) is 4.31 Å².